The molecule has 7 heteroatoms. The van der Waals surface area contributed by atoms with Gasteiger partial charge in [-0.1, -0.05) is 29.5 Å². The Morgan fingerprint density at radius 1 is 1.07 bits per heavy atom. The number of thiazole rings is 1. The lowest BCUT2D eigenvalue weighted by Gasteiger charge is -2.04. The summed E-state index contributed by atoms with van der Waals surface area (Å²) < 4.78 is 7.58. The average Bonchev–Trinajstić information content (AvgIpc) is 3.01. The summed E-state index contributed by atoms with van der Waals surface area (Å²) in [5, 5.41) is 0. The van der Waals surface area contributed by atoms with E-state index in [1.165, 1.54) is 25.4 Å². The van der Waals surface area contributed by atoms with Crippen LogP contribution in [0.15, 0.2) is 47.5 Å². The molecule has 1 amide bonds. The third-order valence-electron chi connectivity index (χ3n) is 4.34. The van der Waals surface area contributed by atoms with Gasteiger partial charge in [0.05, 0.1) is 23.7 Å². The number of benzene rings is 2. The molecule has 144 valence electrons. The summed E-state index contributed by atoms with van der Waals surface area (Å²) in [4.78, 5) is 40.4. The van der Waals surface area contributed by atoms with Gasteiger partial charge in [0.1, 0.15) is 0 Å². The second-order valence-electron chi connectivity index (χ2n) is 6.38. The fourth-order valence-electron chi connectivity index (χ4n) is 2.79. The van der Waals surface area contributed by atoms with E-state index in [9.17, 15) is 14.4 Å². The predicted octanol–water partition coefficient (Wildman–Crippen LogP) is 3.52. The normalized spacial score (nSPS) is 11.6. The van der Waals surface area contributed by atoms with Crippen molar-refractivity contribution in [2.75, 3.05) is 7.11 Å². The van der Waals surface area contributed by atoms with Crippen molar-refractivity contribution in [3.05, 3.63) is 64.0 Å². The Morgan fingerprint density at radius 3 is 2.39 bits per heavy atom. The van der Waals surface area contributed by atoms with Crippen LogP contribution in [0.2, 0.25) is 0 Å². The van der Waals surface area contributed by atoms with Gasteiger partial charge in [0.25, 0.3) is 5.91 Å². The molecule has 1 aromatic heterocycles. The largest absolute Gasteiger partial charge is 0.469 e. The van der Waals surface area contributed by atoms with Crippen molar-refractivity contribution in [2.45, 2.75) is 26.8 Å². The first kappa shape index (κ1) is 19.7. The van der Waals surface area contributed by atoms with Gasteiger partial charge < -0.3 is 9.30 Å². The maximum absolute atomic E-state index is 12.6. The summed E-state index contributed by atoms with van der Waals surface area (Å²) in [6.07, 6.45) is 0.185. The summed E-state index contributed by atoms with van der Waals surface area (Å²) >= 11 is 1.40. The third kappa shape index (κ3) is 4.26. The van der Waals surface area contributed by atoms with Gasteiger partial charge in [0.2, 0.25) is 0 Å². The highest BCUT2D eigenvalue weighted by atomic mass is 32.1. The lowest BCUT2D eigenvalue weighted by molar-refractivity contribution is -0.140. The summed E-state index contributed by atoms with van der Waals surface area (Å²) in [7, 11) is 1.35. The summed E-state index contributed by atoms with van der Waals surface area (Å²) in [5.41, 5.74) is 2.96. The van der Waals surface area contributed by atoms with Gasteiger partial charge in [-0.2, -0.15) is 4.99 Å². The Bertz CT molecular complexity index is 1120. The maximum Gasteiger partial charge on any atom is 0.307 e. The minimum atomic E-state index is -0.398. The lowest BCUT2D eigenvalue weighted by atomic mass is 10.1. The van der Waals surface area contributed by atoms with Gasteiger partial charge >= 0.3 is 5.97 Å². The zero-order valence-electron chi connectivity index (χ0n) is 15.9. The van der Waals surface area contributed by atoms with Crippen molar-refractivity contribution in [2.24, 2.45) is 4.99 Å². The number of hydrogen-bond donors (Lipinski definition) is 0. The monoisotopic (exact) mass is 396 g/mol. The lowest BCUT2D eigenvalue weighted by Crippen LogP contribution is -2.19. The molecule has 2 aromatic carbocycles. The van der Waals surface area contributed by atoms with Crippen LogP contribution in [0.25, 0.3) is 10.2 Å². The Morgan fingerprint density at radius 2 is 1.75 bits per heavy atom. The number of nitrogens with zero attached hydrogens (tertiary/aromatic N) is 2. The first-order valence-electron chi connectivity index (χ1n) is 8.76. The van der Waals surface area contributed by atoms with Crippen LogP contribution in [0.3, 0.4) is 0 Å². The number of aromatic nitrogens is 1. The molecule has 0 saturated heterocycles. The molecule has 1 heterocycles. The van der Waals surface area contributed by atoms with Crippen LogP contribution < -0.4 is 4.80 Å². The van der Waals surface area contributed by atoms with E-state index >= 15 is 0 Å². The Kier molecular flexibility index (Phi) is 5.84. The fourth-order valence-corrected chi connectivity index (χ4v) is 3.94. The highest BCUT2D eigenvalue weighted by Gasteiger charge is 2.12. The number of methoxy groups -OCH3 is 1. The van der Waals surface area contributed by atoms with E-state index in [0.717, 1.165) is 15.8 Å². The molecule has 0 saturated carbocycles. The molecular weight excluding hydrogens is 376 g/mol. The second kappa shape index (κ2) is 8.31. The van der Waals surface area contributed by atoms with Gasteiger partial charge in [-0.05, 0) is 43.7 Å². The number of fused-ring (bicyclic) bond motifs is 1. The third-order valence-corrected chi connectivity index (χ3v) is 5.38. The summed E-state index contributed by atoms with van der Waals surface area (Å²) in [6.45, 7) is 3.84. The number of aryl methyl sites for hydroxylation is 2. The smallest absolute Gasteiger partial charge is 0.307 e. The standard InChI is InChI=1S/C21H20N2O4S/c1-13-4-9-17-18(12-13)28-21(23(17)11-10-19(25)27-3)22-20(26)16-7-5-15(6-8-16)14(2)24/h4-9,12H,10-11H2,1-3H3. The first-order valence-corrected chi connectivity index (χ1v) is 9.57. The molecule has 0 bridgehead atoms. The van der Waals surface area contributed by atoms with Gasteiger partial charge in [0.15, 0.2) is 10.6 Å². The van der Waals surface area contributed by atoms with Gasteiger partial charge in [-0.25, -0.2) is 0 Å². The maximum atomic E-state index is 12.6. The van der Waals surface area contributed by atoms with Crippen LogP contribution in [0.5, 0.6) is 0 Å². The minimum absolute atomic E-state index is 0.0588. The van der Waals surface area contributed by atoms with E-state index in [-0.39, 0.29) is 18.2 Å². The molecule has 0 aliphatic rings. The number of carbonyl (C=O) groups is 3. The molecule has 0 spiro atoms. The van der Waals surface area contributed by atoms with Crippen molar-refractivity contribution >= 4 is 39.2 Å². The van der Waals surface area contributed by atoms with Gasteiger partial charge in [-0.15, -0.1) is 0 Å². The van der Waals surface area contributed by atoms with E-state index in [1.54, 1.807) is 24.3 Å². The topological polar surface area (TPSA) is 77.7 Å². The molecular formula is C21H20N2O4S. The van der Waals surface area contributed by atoms with Crippen LogP contribution in [0.1, 0.15) is 39.6 Å². The number of esters is 1. The number of ketones is 1. The van der Waals surface area contributed by atoms with Crippen molar-refractivity contribution in [1.82, 2.24) is 4.57 Å². The zero-order valence-corrected chi connectivity index (χ0v) is 16.7. The van der Waals surface area contributed by atoms with Crippen LogP contribution in [-0.4, -0.2) is 29.3 Å². The summed E-state index contributed by atoms with van der Waals surface area (Å²) in [5.74, 6) is -0.780. The predicted molar refractivity (Wildman–Crippen MR) is 108 cm³/mol. The number of carbonyl (C=O) groups excluding carboxylic acids is 3. The molecule has 3 rings (SSSR count). The minimum Gasteiger partial charge on any atom is -0.469 e. The number of Topliss-reactive ketones (excluding diaryl/α,β-unsaturated/α-hetero) is 1. The van der Waals surface area contributed by atoms with Crippen LogP contribution in [0.4, 0.5) is 0 Å². The Balaban J connectivity index is 2.03. The van der Waals surface area contributed by atoms with Crippen molar-refractivity contribution in [3.8, 4) is 0 Å². The first-order chi connectivity index (χ1) is 13.4. The summed E-state index contributed by atoms with van der Waals surface area (Å²) in [6, 6.07) is 12.4. The molecule has 0 unspecified atom stereocenters. The van der Waals surface area contributed by atoms with E-state index < -0.39 is 5.91 Å². The average molecular weight is 396 g/mol. The van der Waals surface area contributed by atoms with E-state index in [2.05, 4.69) is 4.99 Å². The van der Waals surface area contributed by atoms with E-state index in [4.69, 9.17) is 4.74 Å². The van der Waals surface area contributed by atoms with Crippen molar-refractivity contribution in [1.29, 1.82) is 0 Å². The van der Waals surface area contributed by atoms with Gasteiger partial charge in [-0.3, -0.25) is 14.4 Å². The van der Waals surface area contributed by atoms with Crippen LogP contribution in [-0.2, 0) is 16.1 Å². The molecule has 3 aromatic rings. The van der Waals surface area contributed by atoms with Crippen LogP contribution in [0, 0.1) is 6.92 Å². The van der Waals surface area contributed by atoms with E-state index in [0.29, 0.717) is 22.5 Å². The molecule has 6 nitrogen and oxygen atoms in total. The van der Waals surface area contributed by atoms with Gasteiger partial charge in [0, 0.05) is 17.7 Å². The van der Waals surface area contributed by atoms with Crippen molar-refractivity contribution in [3.63, 3.8) is 0 Å². The van der Waals surface area contributed by atoms with Crippen molar-refractivity contribution < 1.29 is 19.1 Å². The highest BCUT2D eigenvalue weighted by Crippen LogP contribution is 2.19. The highest BCUT2D eigenvalue weighted by molar-refractivity contribution is 7.16. The molecule has 0 atom stereocenters. The van der Waals surface area contributed by atoms with E-state index in [1.807, 2.05) is 29.7 Å². The molecule has 0 aliphatic carbocycles. The fraction of sp³-hybridized carbons (Fsp3) is 0.238. The number of hydrogen-bond acceptors (Lipinski definition) is 5. The molecule has 28 heavy (non-hydrogen) atoms. The Labute approximate surface area is 166 Å². The SMILES string of the molecule is COC(=O)CCn1c(=NC(=O)c2ccc(C(C)=O)cc2)sc2cc(C)ccc21. The molecule has 0 radical (unpaired) electrons. The molecule has 0 aliphatic heterocycles. The van der Waals surface area contributed by atoms with Crippen LogP contribution >= 0.6 is 11.3 Å². The molecule has 0 N–H and O–H groups in total. The zero-order chi connectivity index (χ0) is 20.3. The quantitative estimate of drug-likeness (QED) is 0.488. The number of rotatable bonds is 5. The second-order valence-corrected chi connectivity index (χ2v) is 7.39. The Hall–Kier alpha value is -3.06. The number of ether oxygens (including phenoxy) is 1. The number of amides is 1. The molecule has 0 fully saturated rings.